The predicted octanol–water partition coefficient (Wildman–Crippen LogP) is 5.29. The number of pyridine rings is 1. The molecule has 0 amide bonds. The smallest absolute Gasteiger partial charge is 0.139 e. The number of hydrogen-bond acceptors (Lipinski definition) is 3. The molecule has 3 heterocycles. The zero-order valence-electron chi connectivity index (χ0n) is 14.0. The van der Waals surface area contributed by atoms with E-state index in [0.29, 0.717) is 0 Å². The molecule has 0 aliphatic carbocycles. The van der Waals surface area contributed by atoms with Gasteiger partial charge in [0.2, 0.25) is 0 Å². The molecule has 0 spiro atoms. The third-order valence-corrected chi connectivity index (χ3v) is 4.15. The first-order chi connectivity index (χ1) is 11.3. The third kappa shape index (κ3) is 3.58. The van der Waals surface area contributed by atoms with Crippen molar-refractivity contribution in [3.05, 3.63) is 42.5 Å². The Labute approximate surface area is 137 Å². The Morgan fingerprint density at radius 1 is 1.17 bits per heavy atom. The average molecular weight is 311 g/mol. The van der Waals surface area contributed by atoms with Gasteiger partial charge in [-0.2, -0.15) is 0 Å². The second kappa shape index (κ2) is 7.36. The van der Waals surface area contributed by atoms with Crippen LogP contribution in [-0.2, 0) is 0 Å². The van der Waals surface area contributed by atoms with Gasteiger partial charge in [0, 0.05) is 18.3 Å². The van der Waals surface area contributed by atoms with Gasteiger partial charge in [0.05, 0.1) is 12.5 Å². The van der Waals surface area contributed by atoms with E-state index in [1.54, 1.807) is 12.5 Å². The number of nitrogens with one attached hydrogen (secondary N) is 1. The molecule has 0 unspecified atom stereocenters. The fourth-order valence-electron chi connectivity index (χ4n) is 2.85. The molecular weight excluding hydrogens is 286 g/mol. The highest BCUT2D eigenvalue weighted by Crippen LogP contribution is 2.29. The summed E-state index contributed by atoms with van der Waals surface area (Å²) in [7, 11) is 0. The number of unbranched alkanes of at least 4 members (excludes halogenated alkanes) is 4. The van der Waals surface area contributed by atoms with Crippen molar-refractivity contribution in [1.82, 2.24) is 9.38 Å². The van der Waals surface area contributed by atoms with Gasteiger partial charge in [0.15, 0.2) is 0 Å². The van der Waals surface area contributed by atoms with Gasteiger partial charge in [-0.05, 0) is 37.1 Å². The van der Waals surface area contributed by atoms with E-state index in [1.807, 2.05) is 6.07 Å². The molecule has 3 aromatic rings. The first kappa shape index (κ1) is 15.7. The Morgan fingerprint density at radius 3 is 2.83 bits per heavy atom. The van der Waals surface area contributed by atoms with Crippen molar-refractivity contribution in [1.29, 1.82) is 0 Å². The third-order valence-electron chi connectivity index (χ3n) is 4.15. The number of rotatable bonds is 8. The molecule has 1 N–H and O–H groups in total. The minimum absolute atomic E-state index is 0.956. The van der Waals surface area contributed by atoms with Gasteiger partial charge in [0.1, 0.15) is 17.2 Å². The van der Waals surface area contributed by atoms with Crippen LogP contribution < -0.4 is 5.32 Å². The fraction of sp³-hybridized carbons (Fsp3) is 0.421. The summed E-state index contributed by atoms with van der Waals surface area (Å²) in [6, 6.07) is 6.18. The van der Waals surface area contributed by atoms with Gasteiger partial charge in [0.25, 0.3) is 0 Å². The molecule has 0 saturated heterocycles. The van der Waals surface area contributed by atoms with Gasteiger partial charge in [-0.1, -0.05) is 32.6 Å². The van der Waals surface area contributed by atoms with Crippen molar-refractivity contribution >= 4 is 11.5 Å². The van der Waals surface area contributed by atoms with Crippen LogP contribution in [0.1, 0.15) is 44.6 Å². The summed E-state index contributed by atoms with van der Waals surface area (Å²) in [4.78, 5) is 4.78. The molecule has 0 aromatic carbocycles. The lowest BCUT2D eigenvalue weighted by Gasteiger charge is -2.08. The summed E-state index contributed by atoms with van der Waals surface area (Å²) < 4.78 is 7.36. The van der Waals surface area contributed by atoms with Gasteiger partial charge >= 0.3 is 0 Å². The molecule has 0 aliphatic heterocycles. The maximum Gasteiger partial charge on any atom is 0.139 e. The normalized spacial score (nSPS) is 11.2. The van der Waals surface area contributed by atoms with Crippen LogP contribution in [0.3, 0.4) is 0 Å². The lowest BCUT2D eigenvalue weighted by molar-refractivity contribution is 0.568. The maximum atomic E-state index is 5.24. The molecule has 0 saturated carbocycles. The minimum atomic E-state index is 0.956. The molecule has 3 aromatic heterocycles. The quantitative estimate of drug-likeness (QED) is 0.575. The topological polar surface area (TPSA) is 42.5 Å². The number of furan rings is 1. The summed E-state index contributed by atoms with van der Waals surface area (Å²) in [5, 5.41) is 3.58. The Balaban J connectivity index is 1.80. The lowest BCUT2D eigenvalue weighted by atomic mass is 10.1. The van der Waals surface area contributed by atoms with Crippen LogP contribution in [0.2, 0.25) is 0 Å². The first-order valence-electron chi connectivity index (χ1n) is 8.54. The van der Waals surface area contributed by atoms with E-state index >= 15 is 0 Å². The van der Waals surface area contributed by atoms with Crippen LogP contribution in [0, 0.1) is 6.92 Å². The molecule has 0 aliphatic rings. The summed E-state index contributed by atoms with van der Waals surface area (Å²) in [5.41, 5.74) is 4.15. The van der Waals surface area contributed by atoms with Crippen LogP contribution in [0.4, 0.5) is 5.82 Å². The van der Waals surface area contributed by atoms with Crippen LogP contribution in [0.25, 0.3) is 16.9 Å². The van der Waals surface area contributed by atoms with Crippen LogP contribution in [-0.4, -0.2) is 15.9 Å². The Kier molecular flexibility index (Phi) is 5.01. The van der Waals surface area contributed by atoms with E-state index in [2.05, 4.69) is 41.9 Å². The average Bonchev–Trinajstić information content (AvgIpc) is 3.18. The van der Waals surface area contributed by atoms with E-state index < -0.39 is 0 Å². The minimum Gasteiger partial charge on any atom is -0.472 e. The maximum absolute atomic E-state index is 5.24. The monoisotopic (exact) mass is 311 g/mol. The van der Waals surface area contributed by atoms with Gasteiger partial charge < -0.3 is 9.73 Å². The fourth-order valence-corrected chi connectivity index (χ4v) is 2.85. The van der Waals surface area contributed by atoms with Crippen molar-refractivity contribution in [2.45, 2.75) is 46.0 Å². The standard InChI is InChI=1S/C19H25N3O/c1-3-4-5-6-7-10-20-19-18(16-9-12-23-14-16)21-17-13-15(2)8-11-22(17)19/h8-9,11-14,20H,3-7,10H2,1-2H3. The number of fused-ring (bicyclic) bond motifs is 1. The molecule has 4 heteroatoms. The predicted molar refractivity (Wildman–Crippen MR) is 94.9 cm³/mol. The summed E-state index contributed by atoms with van der Waals surface area (Å²) in [5.74, 6) is 1.05. The second-order valence-corrected chi connectivity index (χ2v) is 6.09. The van der Waals surface area contributed by atoms with Crippen LogP contribution in [0.15, 0.2) is 41.3 Å². The van der Waals surface area contributed by atoms with Gasteiger partial charge in [-0.15, -0.1) is 0 Å². The highest BCUT2D eigenvalue weighted by atomic mass is 16.3. The highest BCUT2D eigenvalue weighted by molar-refractivity contribution is 5.76. The van der Waals surface area contributed by atoms with Crippen molar-refractivity contribution in [3.8, 4) is 11.3 Å². The van der Waals surface area contributed by atoms with E-state index in [1.165, 1.54) is 37.7 Å². The van der Waals surface area contributed by atoms with Crippen molar-refractivity contribution in [3.63, 3.8) is 0 Å². The Hall–Kier alpha value is -2.23. The second-order valence-electron chi connectivity index (χ2n) is 6.09. The molecule has 0 bridgehead atoms. The Bertz CT molecular complexity index is 743. The number of aromatic nitrogens is 2. The number of aryl methyl sites for hydroxylation is 1. The molecule has 4 nitrogen and oxygen atoms in total. The zero-order valence-corrected chi connectivity index (χ0v) is 14.0. The summed E-state index contributed by atoms with van der Waals surface area (Å²) in [6.45, 7) is 5.30. The SMILES string of the molecule is CCCCCCCNc1c(-c2ccoc2)nc2cc(C)ccn12. The number of hydrogen-bond donors (Lipinski definition) is 1. The number of nitrogens with zero attached hydrogens (tertiary/aromatic N) is 2. The van der Waals surface area contributed by atoms with E-state index in [9.17, 15) is 0 Å². The number of imidazole rings is 1. The largest absolute Gasteiger partial charge is 0.472 e. The van der Waals surface area contributed by atoms with Crippen molar-refractivity contribution in [2.75, 3.05) is 11.9 Å². The van der Waals surface area contributed by atoms with Gasteiger partial charge in [-0.3, -0.25) is 4.40 Å². The molecular formula is C19H25N3O. The van der Waals surface area contributed by atoms with E-state index in [4.69, 9.17) is 9.40 Å². The summed E-state index contributed by atoms with van der Waals surface area (Å²) >= 11 is 0. The van der Waals surface area contributed by atoms with Crippen LogP contribution in [0.5, 0.6) is 0 Å². The van der Waals surface area contributed by atoms with Crippen molar-refractivity contribution < 1.29 is 4.42 Å². The number of anilines is 1. The summed E-state index contributed by atoms with van der Waals surface area (Å²) in [6.07, 6.45) is 11.9. The van der Waals surface area contributed by atoms with Crippen molar-refractivity contribution in [2.24, 2.45) is 0 Å². The Morgan fingerprint density at radius 2 is 2.04 bits per heavy atom. The molecule has 3 rings (SSSR count). The molecule has 0 radical (unpaired) electrons. The highest BCUT2D eigenvalue weighted by Gasteiger charge is 2.14. The molecule has 0 atom stereocenters. The van der Waals surface area contributed by atoms with Crippen LogP contribution >= 0.6 is 0 Å². The van der Waals surface area contributed by atoms with Gasteiger partial charge in [-0.25, -0.2) is 4.98 Å². The molecule has 122 valence electrons. The zero-order chi connectivity index (χ0) is 16.1. The van der Waals surface area contributed by atoms with E-state index in [0.717, 1.165) is 29.3 Å². The van der Waals surface area contributed by atoms with E-state index in [-0.39, 0.29) is 0 Å². The first-order valence-corrected chi connectivity index (χ1v) is 8.54. The molecule has 23 heavy (non-hydrogen) atoms. The lowest BCUT2D eigenvalue weighted by Crippen LogP contribution is -2.05. The molecule has 0 fully saturated rings.